The first-order valence-corrected chi connectivity index (χ1v) is 8.26. The van der Waals surface area contributed by atoms with Crippen molar-refractivity contribution in [2.45, 2.75) is 33.1 Å². The number of ether oxygens (including phenoxy) is 1. The fourth-order valence-electron chi connectivity index (χ4n) is 2.50. The maximum absolute atomic E-state index is 12.1. The molecular weight excluding hydrogens is 328 g/mol. The summed E-state index contributed by atoms with van der Waals surface area (Å²) in [4.78, 5) is 18.8. The van der Waals surface area contributed by atoms with Crippen molar-refractivity contribution in [2.75, 3.05) is 24.6 Å². The van der Waals surface area contributed by atoms with Gasteiger partial charge in [-0.3, -0.25) is 4.79 Å². The molecule has 1 aromatic heterocycles. The van der Waals surface area contributed by atoms with Gasteiger partial charge in [0.2, 0.25) is 0 Å². The van der Waals surface area contributed by atoms with E-state index >= 15 is 0 Å². The Morgan fingerprint density at radius 3 is 2.68 bits per heavy atom. The molecule has 106 valence electrons. The van der Waals surface area contributed by atoms with Gasteiger partial charge in [-0.2, -0.15) is 0 Å². The molecule has 2 rings (SSSR count). The molecule has 0 bridgehead atoms. The summed E-state index contributed by atoms with van der Waals surface area (Å²) < 4.78 is 6.28. The van der Waals surface area contributed by atoms with Crippen LogP contribution in [0.25, 0.3) is 0 Å². The molecule has 1 aromatic rings. The summed E-state index contributed by atoms with van der Waals surface area (Å²) in [5, 5.41) is 1.03. The van der Waals surface area contributed by atoms with Crippen LogP contribution in [-0.2, 0) is 9.53 Å². The van der Waals surface area contributed by atoms with Gasteiger partial charge in [0, 0.05) is 13.1 Å². The van der Waals surface area contributed by atoms with Gasteiger partial charge in [0.05, 0.1) is 22.0 Å². The Hall–Kier alpha value is -0.620. The van der Waals surface area contributed by atoms with Crippen molar-refractivity contribution in [3.8, 4) is 0 Å². The first-order chi connectivity index (χ1) is 9.11. The molecule has 0 N–H and O–H groups in total. The molecule has 0 aromatic carbocycles. The van der Waals surface area contributed by atoms with E-state index in [2.05, 4.69) is 32.7 Å². The van der Waals surface area contributed by atoms with Crippen molar-refractivity contribution < 1.29 is 9.53 Å². The number of esters is 1. The molecule has 0 aliphatic carbocycles. The van der Waals surface area contributed by atoms with E-state index in [9.17, 15) is 4.79 Å². The Balaban J connectivity index is 2.02. The number of piperidine rings is 1. The van der Waals surface area contributed by atoms with E-state index in [4.69, 9.17) is 4.74 Å². The van der Waals surface area contributed by atoms with E-state index in [1.54, 1.807) is 11.3 Å². The SMILES string of the molecule is CCOC(=O)C1(CC)CCN(c2ncc(Br)s2)CC1. The summed E-state index contributed by atoms with van der Waals surface area (Å²) in [6, 6.07) is 0. The second-order valence-electron chi connectivity index (χ2n) is 4.79. The van der Waals surface area contributed by atoms with E-state index in [-0.39, 0.29) is 11.4 Å². The third kappa shape index (κ3) is 3.11. The van der Waals surface area contributed by atoms with Crippen molar-refractivity contribution in [1.29, 1.82) is 0 Å². The second kappa shape index (κ2) is 6.22. The average molecular weight is 347 g/mol. The zero-order valence-corrected chi connectivity index (χ0v) is 13.7. The number of aromatic nitrogens is 1. The predicted molar refractivity (Wildman–Crippen MR) is 80.6 cm³/mol. The minimum atomic E-state index is -0.291. The van der Waals surface area contributed by atoms with Crippen LogP contribution < -0.4 is 4.90 Å². The Labute approximate surface area is 126 Å². The predicted octanol–water partition coefficient (Wildman–Crippen LogP) is 3.47. The van der Waals surface area contributed by atoms with Crippen molar-refractivity contribution in [2.24, 2.45) is 5.41 Å². The van der Waals surface area contributed by atoms with Gasteiger partial charge in [0.1, 0.15) is 0 Å². The van der Waals surface area contributed by atoms with E-state index < -0.39 is 0 Å². The summed E-state index contributed by atoms with van der Waals surface area (Å²) in [6.07, 6.45) is 4.37. The minimum Gasteiger partial charge on any atom is -0.466 e. The molecule has 6 heteroatoms. The number of carbonyl (C=O) groups excluding carboxylic acids is 1. The van der Waals surface area contributed by atoms with Gasteiger partial charge >= 0.3 is 5.97 Å². The van der Waals surface area contributed by atoms with Gasteiger partial charge in [-0.05, 0) is 42.1 Å². The minimum absolute atomic E-state index is 0.0301. The smallest absolute Gasteiger partial charge is 0.312 e. The molecule has 0 spiro atoms. The number of halogens is 1. The highest BCUT2D eigenvalue weighted by Gasteiger charge is 2.41. The Kier molecular flexibility index (Phi) is 4.84. The first-order valence-electron chi connectivity index (χ1n) is 6.65. The first kappa shape index (κ1) is 14.8. The molecule has 0 saturated carbocycles. The summed E-state index contributed by atoms with van der Waals surface area (Å²) in [5.41, 5.74) is -0.291. The van der Waals surface area contributed by atoms with Gasteiger partial charge < -0.3 is 9.64 Å². The average Bonchev–Trinajstić information content (AvgIpc) is 2.86. The molecule has 2 heterocycles. The Morgan fingerprint density at radius 1 is 1.53 bits per heavy atom. The molecule has 1 aliphatic heterocycles. The maximum Gasteiger partial charge on any atom is 0.312 e. The zero-order valence-electron chi connectivity index (χ0n) is 11.3. The standard InChI is InChI=1S/C13H19BrN2O2S/c1-3-13(11(17)18-4-2)5-7-16(8-6-13)12-15-9-10(14)19-12/h9H,3-8H2,1-2H3. The van der Waals surface area contributed by atoms with Crippen LogP contribution >= 0.6 is 27.3 Å². The summed E-state index contributed by atoms with van der Waals surface area (Å²) in [6.45, 7) is 6.14. The van der Waals surface area contributed by atoms with Gasteiger partial charge in [0.25, 0.3) is 0 Å². The molecule has 0 unspecified atom stereocenters. The van der Waals surface area contributed by atoms with Gasteiger partial charge in [0.15, 0.2) is 5.13 Å². The summed E-state index contributed by atoms with van der Waals surface area (Å²) in [7, 11) is 0. The van der Waals surface area contributed by atoms with Crippen LogP contribution in [0.4, 0.5) is 5.13 Å². The number of hydrogen-bond acceptors (Lipinski definition) is 5. The monoisotopic (exact) mass is 346 g/mol. The van der Waals surface area contributed by atoms with E-state index in [1.807, 2.05) is 13.1 Å². The lowest BCUT2D eigenvalue weighted by Gasteiger charge is -2.39. The fourth-order valence-corrected chi connectivity index (χ4v) is 3.74. The van der Waals surface area contributed by atoms with Crippen LogP contribution in [0.3, 0.4) is 0 Å². The van der Waals surface area contributed by atoms with Crippen LogP contribution in [0.5, 0.6) is 0 Å². The van der Waals surface area contributed by atoms with E-state index in [0.29, 0.717) is 6.61 Å². The number of nitrogens with zero attached hydrogens (tertiary/aromatic N) is 2. The van der Waals surface area contributed by atoms with Crippen molar-refractivity contribution in [3.63, 3.8) is 0 Å². The van der Waals surface area contributed by atoms with Crippen LogP contribution in [0, 0.1) is 5.41 Å². The van der Waals surface area contributed by atoms with Gasteiger partial charge in [-0.25, -0.2) is 4.98 Å². The van der Waals surface area contributed by atoms with Crippen LogP contribution in [0.2, 0.25) is 0 Å². The number of rotatable bonds is 4. The highest BCUT2D eigenvalue weighted by molar-refractivity contribution is 9.11. The van der Waals surface area contributed by atoms with Crippen molar-refractivity contribution >= 4 is 38.4 Å². The fraction of sp³-hybridized carbons (Fsp3) is 0.692. The zero-order chi connectivity index (χ0) is 13.9. The van der Waals surface area contributed by atoms with Crippen molar-refractivity contribution in [3.05, 3.63) is 9.98 Å². The highest BCUT2D eigenvalue weighted by atomic mass is 79.9. The molecular formula is C13H19BrN2O2S. The third-order valence-corrected chi connectivity index (χ3v) is 5.38. The second-order valence-corrected chi connectivity index (χ2v) is 7.18. The van der Waals surface area contributed by atoms with Gasteiger partial charge in [-0.1, -0.05) is 18.3 Å². The molecule has 1 saturated heterocycles. The van der Waals surface area contributed by atoms with E-state index in [0.717, 1.165) is 41.3 Å². The quantitative estimate of drug-likeness (QED) is 0.783. The maximum atomic E-state index is 12.1. The molecule has 0 atom stereocenters. The topological polar surface area (TPSA) is 42.4 Å². The molecule has 4 nitrogen and oxygen atoms in total. The van der Waals surface area contributed by atoms with Gasteiger partial charge in [-0.15, -0.1) is 0 Å². The number of carbonyl (C=O) groups is 1. The molecule has 19 heavy (non-hydrogen) atoms. The number of hydrogen-bond donors (Lipinski definition) is 0. The molecule has 1 fully saturated rings. The van der Waals surface area contributed by atoms with E-state index in [1.165, 1.54) is 0 Å². The lowest BCUT2D eigenvalue weighted by Crippen LogP contribution is -2.45. The molecule has 0 radical (unpaired) electrons. The Bertz CT molecular complexity index is 442. The summed E-state index contributed by atoms with van der Waals surface area (Å²) in [5.74, 6) is -0.0301. The number of thiazole rings is 1. The highest BCUT2D eigenvalue weighted by Crippen LogP contribution is 2.38. The van der Waals surface area contributed by atoms with Crippen molar-refractivity contribution in [1.82, 2.24) is 4.98 Å². The summed E-state index contributed by atoms with van der Waals surface area (Å²) >= 11 is 5.07. The lowest BCUT2D eigenvalue weighted by atomic mass is 9.76. The van der Waals surface area contributed by atoms with Crippen LogP contribution in [0.15, 0.2) is 9.98 Å². The molecule has 1 aliphatic rings. The normalized spacial score (nSPS) is 18.4. The largest absolute Gasteiger partial charge is 0.466 e. The third-order valence-electron chi connectivity index (χ3n) is 3.84. The van der Waals surface area contributed by atoms with Crippen LogP contribution in [-0.4, -0.2) is 30.6 Å². The van der Waals surface area contributed by atoms with Crippen LogP contribution in [0.1, 0.15) is 33.1 Å². The number of anilines is 1. The Morgan fingerprint density at radius 2 is 2.21 bits per heavy atom. The molecule has 0 amide bonds. The lowest BCUT2D eigenvalue weighted by molar-refractivity contribution is -0.157.